The van der Waals surface area contributed by atoms with Gasteiger partial charge in [-0.25, -0.2) is 0 Å². The molecule has 0 spiro atoms. The Morgan fingerprint density at radius 2 is 1.76 bits per heavy atom. The summed E-state index contributed by atoms with van der Waals surface area (Å²) < 4.78 is 1.19. The van der Waals surface area contributed by atoms with Crippen LogP contribution in [0.1, 0.15) is 41.3 Å². The zero-order valence-electron chi connectivity index (χ0n) is 10.3. The third kappa shape index (κ3) is 2.17. The van der Waals surface area contributed by atoms with Crippen LogP contribution >= 0.6 is 27.5 Å². The van der Waals surface area contributed by atoms with E-state index in [-0.39, 0.29) is 5.38 Å². The van der Waals surface area contributed by atoms with E-state index in [2.05, 4.69) is 41.9 Å². The molecule has 3 rings (SSSR count). The first-order valence-corrected chi connectivity index (χ1v) is 7.70. The molecule has 0 heterocycles. The summed E-state index contributed by atoms with van der Waals surface area (Å²) in [5.74, 6) is 2.73. The summed E-state index contributed by atoms with van der Waals surface area (Å²) >= 11 is 10.3. The molecule has 17 heavy (non-hydrogen) atoms. The van der Waals surface area contributed by atoms with Gasteiger partial charge in [0.25, 0.3) is 0 Å². The lowest BCUT2D eigenvalue weighted by molar-refractivity contribution is 0.470. The number of halogens is 2. The Morgan fingerprint density at radius 1 is 1.12 bits per heavy atom. The van der Waals surface area contributed by atoms with Crippen LogP contribution in [0.4, 0.5) is 0 Å². The topological polar surface area (TPSA) is 0 Å². The molecule has 0 N–H and O–H groups in total. The molecule has 3 unspecified atom stereocenters. The average Bonchev–Trinajstić information content (AvgIpc) is 2.90. The molecule has 0 amide bonds. The normalized spacial score (nSPS) is 32.4. The van der Waals surface area contributed by atoms with Gasteiger partial charge in [-0.1, -0.05) is 22.0 Å². The predicted octanol–water partition coefficient (Wildman–Crippen LogP) is 5.39. The van der Waals surface area contributed by atoms with Crippen molar-refractivity contribution in [1.82, 2.24) is 0 Å². The molecule has 92 valence electrons. The van der Waals surface area contributed by atoms with Gasteiger partial charge in [0.2, 0.25) is 0 Å². The second kappa shape index (κ2) is 4.28. The maximum atomic E-state index is 6.71. The Labute approximate surface area is 117 Å². The monoisotopic (exact) mass is 312 g/mol. The Kier molecular flexibility index (Phi) is 3.03. The third-order valence-electron chi connectivity index (χ3n) is 4.54. The molecule has 2 saturated carbocycles. The zero-order valence-corrected chi connectivity index (χ0v) is 12.7. The molecule has 2 heteroatoms. The van der Waals surface area contributed by atoms with E-state index in [1.807, 2.05) is 0 Å². The Bertz CT molecular complexity index is 444. The highest BCUT2D eigenvalue weighted by atomic mass is 79.9. The van der Waals surface area contributed by atoms with Crippen LogP contribution in [0.2, 0.25) is 0 Å². The second-order valence-corrected chi connectivity index (χ2v) is 7.17. The molecule has 0 radical (unpaired) electrons. The predicted molar refractivity (Wildman–Crippen MR) is 76.5 cm³/mol. The third-order valence-corrected chi connectivity index (χ3v) is 5.98. The minimum absolute atomic E-state index is 0.217. The molecule has 0 bridgehead atoms. The van der Waals surface area contributed by atoms with Gasteiger partial charge in [-0.05, 0) is 73.6 Å². The quantitative estimate of drug-likeness (QED) is 0.642. The summed E-state index contributed by atoms with van der Waals surface area (Å²) in [7, 11) is 0. The van der Waals surface area contributed by atoms with Gasteiger partial charge < -0.3 is 0 Å². The highest BCUT2D eigenvalue weighted by Gasteiger charge is 2.47. The van der Waals surface area contributed by atoms with Gasteiger partial charge in [-0.2, -0.15) is 0 Å². The fourth-order valence-electron chi connectivity index (χ4n) is 3.35. The smallest absolute Gasteiger partial charge is 0.0616 e. The van der Waals surface area contributed by atoms with E-state index in [1.54, 1.807) is 0 Å². The summed E-state index contributed by atoms with van der Waals surface area (Å²) in [6, 6.07) is 4.47. The molecule has 0 aromatic heterocycles. The molecule has 1 aromatic rings. The SMILES string of the molecule is Cc1cc(C(Cl)C2CC3CC3C2)c(C)cc1Br. The number of rotatable bonds is 2. The van der Waals surface area contributed by atoms with Crippen molar-refractivity contribution < 1.29 is 0 Å². The van der Waals surface area contributed by atoms with Gasteiger partial charge in [0, 0.05) is 4.47 Å². The molecular formula is C15H18BrCl. The van der Waals surface area contributed by atoms with Crippen LogP contribution in [0.3, 0.4) is 0 Å². The number of fused-ring (bicyclic) bond motifs is 1. The number of hydrogen-bond donors (Lipinski definition) is 0. The van der Waals surface area contributed by atoms with Crippen LogP contribution in [0.15, 0.2) is 16.6 Å². The molecule has 2 aliphatic carbocycles. The van der Waals surface area contributed by atoms with Crippen molar-refractivity contribution in [1.29, 1.82) is 0 Å². The second-order valence-electron chi connectivity index (χ2n) is 5.85. The van der Waals surface area contributed by atoms with Crippen molar-refractivity contribution in [2.75, 3.05) is 0 Å². The van der Waals surface area contributed by atoms with Gasteiger partial charge in [0.05, 0.1) is 5.38 Å². The van der Waals surface area contributed by atoms with Crippen molar-refractivity contribution in [3.8, 4) is 0 Å². The first-order valence-electron chi connectivity index (χ1n) is 6.47. The van der Waals surface area contributed by atoms with E-state index < -0.39 is 0 Å². The Balaban J connectivity index is 1.85. The van der Waals surface area contributed by atoms with E-state index >= 15 is 0 Å². The van der Waals surface area contributed by atoms with Crippen molar-refractivity contribution in [2.24, 2.45) is 17.8 Å². The molecule has 0 aliphatic heterocycles. The number of alkyl halides is 1. The zero-order chi connectivity index (χ0) is 12.2. The lowest BCUT2D eigenvalue weighted by Gasteiger charge is -2.21. The van der Waals surface area contributed by atoms with Crippen molar-refractivity contribution >= 4 is 27.5 Å². The van der Waals surface area contributed by atoms with Crippen molar-refractivity contribution in [2.45, 2.75) is 38.5 Å². The van der Waals surface area contributed by atoms with E-state index in [9.17, 15) is 0 Å². The minimum Gasteiger partial charge on any atom is -0.118 e. The lowest BCUT2D eigenvalue weighted by Crippen LogP contribution is -2.08. The van der Waals surface area contributed by atoms with E-state index in [1.165, 1.54) is 40.4 Å². The summed E-state index contributed by atoms with van der Waals surface area (Å²) in [5.41, 5.74) is 3.96. The van der Waals surface area contributed by atoms with Gasteiger partial charge in [0.1, 0.15) is 0 Å². The van der Waals surface area contributed by atoms with Crippen LogP contribution in [-0.2, 0) is 0 Å². The van der Waals surface area contributed by atoms with Gasteiger partial charge in [0.15, 0.2) is 0 Å². The molecule has 2 fully saturated rings. The van der Waals surface area contributed by atoms with Gasteiger partial charge in [-0.15, -0.1) is 11.6 Å². The van der Waals surface area contributed by atoms with E-state index in [4.69, 9.17) is 11.6 Å². The first kappa shape index (κ1) is 12.0. The van der Waals surface area contributed by atoms with Gasteiger partial charge in [-0.3, -0.25) is 0 Å². The molecule has 0 saturated heterocycles. The fourth-order valence-corrected chi connectivity index (χ4v) is 4.25. The standard InChI is InChI=1S/C15H18BrCl/c1-8-4-14(16)9(2)3-13(8)15(17)12-6-10-5-11(10)7-12/h3-4,10-12,15H,5-7H2,1-2H3. The average molecular weight is 314 g/mol. The van der Waals surface area contributed by atoms with Crippen molar-refractivity contribution in [3.63, 3.8) is 0 Å². The number of benzene rings is 1. The highest BCUT2D eigenvalue weighted by Crippen LogP contribution is 2.58. The maximum Gasteiger partial charge on any atom is 0.0616 e. The molecule has 3 atom stereocenters. The molecule has 1 aromatic carbocycles. The molecular weight excluding hydrogens is 296 g/mol. The maximum absolute atomic E-state index is 6.71. The van der Waals surface area contributed by atoms with E-state index in [0.29, 0.717) is 5.92 Å². The lowest BCUT2D eigenvalue weighted by atomic mass is 9.91. The van der Waals surface area contributed by atoms with Crippen LogP contribution in [-0.4, -0.2) is 0 Å². The van der Waals surface area contributed by atoms with Gasteiger partial charge >= 0.3 is 0 Å². The largest absolute Gasteiger partial charge is 0.118 e. The molecule has 0 nitrogen and oxygen atoms in total. The fraction of sp³-hybridized carbons (Fsp3) is 0.600. The van der Waals surface area contributed by atoms with Crippen molar-refractivity contribution in [3.05, 3.63) is 33.3 Å². The first-order chi connectivity index (χ1) is 8.06. The highest BCUT2D eigenvalue weighted by molar-refractivity contribution is 9.10. The Hall–Kier alpha value is -0.0100. The summed E-state index contributed by atoms with van der Waals surface area (Å²) in [6.45, 7) is 4.31. The van der Waals surface area contributed by atoms with E-state index in [0.717, 1.165) is 11.8 Å². The number of aryl methyl sites for hydroxylation is 2. The van der Waals surface area contributed by atoms with Crippen LogP contribution in [0, 0.1) is 31.6 Å². The van der Waals surface area contributed by atoms with Crippen LogP contribution < -0.4 is 0 Å². The minimum atomic E-state index is 0.217. The number of hydrogen-bond acceptors (Lipinski definition) is 0. The van der Waals surface area contributed by atoms with Crippen LogP contribution in [0.25, 0.3) is 0 Å². The summed E-state index contributed by atoms with van der Waals surface area (Å²) in [6.07, 6.45) is 4.18. The summed E-state index contributed by atoms with van der Waals surface area (Å²) in [4.78, 5) is 0. The molecule has 2 aliphatic rings. The van der Waals surface area contributed by atoms with Crippen LogP contribution in [0.5, 0.6) is 0 Å². The Morgan fingerprint density at radius 3 is 2.41 bits per heavy atom. The summed E-state index contributed by atoms with van der Waals surface area (Å²) in [5, 5.41) is 0.217.